The van der Waals surface area contributed by atoms with E-state index in [0.717, 1.165) is 24.7 Å². The Kier molecular flexibility index (Phi) is 11.4. The fraction of sp³-hybridized carbons (Fsp3) is 0.552. The molecule has 1 aromatic carbocycles. The third-order valence-corrected chi connectivity index (χ3v) is 7.04. The van der Waals surface area contributed by atoms with Crippen LogP contribution in [0.2, 0.25) is 0 Å². The third kappa shape index (κ3) is 6.01. The Labute approximate surface area is 202 Å². The van der Waals surface area contributed by atoms with Crippen LogP contribution in [0.1, 0.15) is 90.2 Å². The molecule has 4 atom stereocenters. The minimum Gasteiger partial charge on any atom is -0.343 e. The topological polar surface area (TPSA) is 0 Å². The summed E-state index contributed by atoms with van der Waals surface area (Å²) in [6, 6.07) is 8.92. The SMILES string of the molecule is CC1(C)C=CC(C)(C2C=Cc3ccccc32)C2CC[CH-]C21.[CH2-]CCC.[CH2-]CCC.[Ti+3]. The summed E-state index contributed by atoms with van der Waals surface area (Å²) in [4.78, 5) is 0. The van der Waals surface area contributed by atoms with Gasteiger partial charge < -0.3 is 20.3 Å². The quantitative estimate of drug-likeness (QED) is 0.251. The molecule has 163 valence electrons. The van der Waals surface area contributed by atoms with Gasteiger partial charge in [-0.1, -0.05) is 108 Å². The van der Waals surface area contributed by atoms with E-state index in [9.17, 15) is 0 Å². The molecule has 30 heavy (non-hydrogen) atoms. The van der Waals surface area contributed by atoms with Gasteiger partial charge in [-0.15, -0.1) is 0 Å². The van der Waals surface area contributed by atoms with Crippen molar-refractivity contribution in [2.24, 2.45) is 22.7 Å². The van der Waals surface area contributed by atoms with E-state index >= 15 is 0 Å². The fourth-order valence-corrected chi connectivity index (χ4v) is 5.07. The van der Waals surface area contributed by atoms with E-state index in [1.165, 1.54) is 36.8 Å². The Bertz CT molecular complexity index is 675. The molecule has 0 amide bonds. The average molecular weight is 440 g/mol. The summed E-state index contributed by atoms with van der Waals surface area (Å²) in [6.45, 7) is 18.7. The van der Waals surface area contributed by atoms with Gasteiger partial charge in [-0.2, -0.15) is 25.2 Å². The minimum absolute atomic E-state index is 0. The van der Waals surface area contributed by atoms with Gasteiger partial charge in [0.15, 0.2) is 0 Å². The van der Waals surface area contributed by atoms with E-state index in [4.69, 9.17) is 0 Å². The van der Waals surface area contributed by atoms with Crippen LogP contribution in [0.25, 0.3) is 6.08 Å². The Balaban J connectivity index is 0.000000435. The molecule has 0 N–H and O–H groups in total. The second-order valence-corrected chi connectivity index (χ2v) is 9.64. The smallest absolute Gasteiger partial charge is 0.343 e. The van der Waals surface area contributed by atoms with Crippen molar-refractivity contribution in [1.29, 1.82) is 0 Å². The number of unbranched alkanes of at least 4 members (excludes halogenated alkanes) is 2. The van der Waals surface area contributed by atoms with Crippen molar-refractivity contribution in [3.05, 3.63) is 73.9 Å². The first kappa shape index (κ1) is 27.4. The van der Waals surface area contributed by atoms with E-state index in [2.05, 4.69) is 103 Å². The van der Waals surface area contributed by atoms with Crippen molar-refractivity contribution in [3.63, 3.8) is 0 Å². The molecule has 0 spiro atoms. The first-order valence-corrected chi connectivity index (χ1v) is 11.7. The van der Waals surface area contributed by atoms with Gasteiger partial charge in [0.25, 0.3) is 0 Å². The van der Waals surface area contributed by atoms with Crippen molar-refractivity contribution in [2.45, 2.75) is 79.1 Å². The van der Waals surface area contributed by atoms with E-state index in [1.54, 1.807) is 0 Å². The number of rotatable bonds is 3. The van der Waals surface area contributed by atoms with Crippen LogP contribution in [0.4, 0.5) is 0 Å². The zero-order valence-corrected chi connectivity index (χ0v) is 21.6. The largest absolute Gasteiger partial charge is 3.00 e. The number of allylic oxidation sites excluding steroid dienone is 3. The maximum absolute atomic E-state index is 3.60. The van der Waals surface area contributed by atoms with Gasteiger partial charge in [-0.3, -0.25) is 0 Å². The summed E-state index contributed by atoms with van der Waals surface area (Å²) < 4.78 is 0. The summed E-state index contributed by atoms with van der Waals surface area (Å²) in [5.74, 6) is 2.05. The van der Waals surface area contributed by atoms with Crippen molar-refractivity contribution >= 4 is 6.08 Å². The average Bonchev–Trinajstić information content (AvgIpc) is 3.40. The molecule has 0 aliphatic heterocycles. The predicted molar refractivity (Wildman–Crippen MR) is 130 cm³/mol. The predicted octanol–water partition coefficient (Wildman–Crippen LogP) is 8.87. The van der Waals surface area contributed by atoms with E-state index in [1.807, 2.05) is 0 Å². The molecule has 1 saturated carbocycles. The summed E-state index contributed by atoms with van der Waals surface area (Å²) in [7, 11) is 0. The normalized spacial score (nSPS) is 29.5. The van der Waals surface area contributed by atoms with Crippen LogP contribution < -0.4 is 0 Å². The van der Waals surface area contributed by atoms with Crippen LogP contribution in [0.5, 0.6) is 0 Å². The van der Waals surface area contributed by atoms with Crippen LogP contribution >= 0.6 is 0 Å². The fourth-order valence-electron chi connectivity index (χ4n) is 5.07. The maximum Gasteiger partial charge on any atom is 3.00 e. The van der Waals surface area contributed by atoms with Gasteiger partial charge in [0, 0.05) is 5.92 Å². The van der Waals surface area contributed by atoms with Crippen LogP contribution in [0, 0.1) is 42.9 Å². The monoisotopic (exact) mass is 439 g/mol. The summed E-state index contributed by atoms with van der Waals surface area (Å²) >= 11 is 0. The molecule has 4 rings (SSSR count). The summed E-state index contributed by atoms with van der Waals surface area (Å²) in [5, 5.41) is 0. The molecule has 0 bridgehead atoms. The van der Waals surface area contributed by atoms with Gasteiger partial charge in [0.05, 0.1) is 0 Å². The molecule has 3 aliphatic rings. The first-order chi connectivity index (χ1) is 13.9. The molecular weight excluding hydrogens is 396 g/mol. The van der Waals surface area contributed by atoms with Gasteiger partial charge in [0.1, 0.15) is 0 Å². The van der Waals surface area contributed by atoms with Crippen LogP contribution in [-0.4, -0.2) is 0 Å². The number of hydrogen-bond donors (Lipinski definition) is 0. The zero-order valence-electron chi connectivity index (χ0n) is 20.1. The number of benzene rings is 1. The molecule has 3 aliphatic carbocycles. The van der Waals surface area contributed by atoms with Crippen molar-refractivity contribution in [3.8, 4) is 0 Å². The molecule has 0 nitrogen and oxygen atoms in total. The van der Waals surface area contributed by atoms with Gasteiger partial charge >= 0.3 is 21.7 Å². The first-order valence-electron chi connectivity index (χ1n) is 11.7. The van der Waals surface area contributed by atoms with E-state index < -0.39 is 0 Å². The zero-order chi connectivity index (χ0) is 21.5. The third-order valence-electron chi connectivity index (χ3n) is 7.04. The molecule has 0 aromatic heterocycles. The summed E-state index contributed by atoms with van der Waals surface area (Å²) in [5.41, 5.74) is 3.52. The second kappa shape index (κ2) is 12.5. The van der Waals surface area contributed by atoms with Crippen molar-refractivity contribution < 1.29 is 21.7 Å². The van der Waals surface area contributed by atoms with E-state index in [-0.39, 0.29) is 27.1 Å². The Morgan fingerprint density at radius 2 is 1.60 bits per heavy atom. The second-order valence-electron chi connectivity index (χ2n) is 9.64. The number of hydrogen-bond acceptors (Lipinski definition) is 0. The molecule has 1 fully saturated rings. The number of fused-ring (bicyclic) bond motifs is 2. The molecule has 1 heteroatoms. The van der Waals surface area contributed by atoms with Crippen LogP contribution in [0.3, 0.4) is 0 Å². The molecule has 4 unspecified atom stereocenters. The van der Waals surface area contributed by atoms with Crippen molar-refractivity contribution in [1.82, 2.24) is 0 Å². The summed E-state index contributed by atoms with van der Waals surface area (Å²) in [6.07, 6.45) is 19.6. The molecule has 0 saturated heterocycles. The Morgan fingerprint density at radius 3 is 2.20 bits per heavy atom. The van der Waals surface area contributed by atoms with Gasteiger partial charge in [-0.05, 0) is 22.0 Å². The maximum atomic E-state index is 3.60. The van der Waals surface area contributed by atoms with Crippen LogP contribution in [-0.2, 0) is 21.7 Å². The minimum atomic E-state index is 0. The Morgan fingerprint density at radius 1 is 1.00 bits per heavy atom. The molecule has 1 aromatic rings. The molecule has 0 heterocycles. The standard InChI is InChI=1S/C21H25.2C4H9.Ti/c1-20(2)13-14-21(3,19-10-6-9-18(19)20)17-12-11-15-7-4-5-8-16(15)17;2*1-3-4-2;/h4-5,7-9,11-14,17-19H,6,10H2,1-3H3;2*1,3-4H2,2H3;/q3*-1;+3. The van der Waals surface area contributed by atoms with Gasteiger partial charge in [-0.25, -0.2) is 0 Å². The molecular formula is C29H43Ti. The van der Waals surface area contributed by atoms with Crippen molar-refractivity contribution in [2.75, 3.05) is 0 Å². The van der Waals surface area contributed by atoms with Crippen LogP contribution in [0.15, 0.2) is 42.5 Å². The van der Waals surface area contributed by atoms with E-state index in [0.29, 0.717) is 11.3 Å². The molecule has 1 radical (unpaired) electrons. The Hall–Kier alpha value is -0.586. The van der Waals surface area contributed by atoms with Gasteiger partial charge in [0.2, 0.25) is 0 Å².